The Hall–Kier alpha value is -2.57. The molecular weight excluding hydrogens is 547 g/mol. The van der Waals surface area contributed by atoms with Gasteiger partial charge in [-0.2, -0.15) is 0 Å². The quantitative estimate of drug-likeness (QED) is 0.242. The highest BCUT2D eigenvalue weighted by atomic mass is 127. The fourth-order valence-electron chi connectivity index (χ4n) is 5.67. The Kier molecular flexibility index (Phi) is 5.74. The molecule has 1 N–H and O–H groups in total. The third kappa shape index (κ3) is 3.42. The van der Waals surface area contributed by atoms with Gasteiger partial charge < -0.3 is 9.88 Å². The molecule has 34 heavy (non-hydrogen) atoms. The molecule has 4 aromatic rings. The van der Waals surface area contributed by atoms with Crippen LogP contribution < -0.4 is 5.32 Å². The fraction of sp³-hybridized carbons (Fsp3) is 0.200. The van der Waals surface area contributed by atoms with Crippen LogP contribution in [0.25, 0.3) is 38.8 Å². The molecule has 6 rings (SSSR count). The van der Waals surface area contributed by atoms with Crippen molar-refractivity contribution in [3.8, 4) is 0 Å². The van der Waals surface area contributed by atoms with E-state index in [0.717, 1.165) is 12.8 Å². The monoisotopic (exact) mass is 574 g/mol. The Labute approximate surface area is 218 Å². The largest absolute Gasteiger partial charge is 0.388 e. The zero-order valence-corrected chi connectivity index (χ0v) is 22.4. The van der Waals surface area contributed by atoms with Crippen molar-refractivity contribution < 1.29 is 0 Å². The van der Waals surface area contributed by atoms with Crippen molar-refractivity contribution in [2.45, 2.75) is 25.7 Å². The van der Waals surface area contributed by atoms with Crippen molar-refractivity contribution in [1.82, 2.24) is 9.88 Å². The van der Waals surface area contributed by atoms with Crippen LogP contribution >= 0.6 is 33.9 Å². The van der Waals surface area contributed by atoms with Crippen molar-refractivity contribution in [3.63, 3.8) is 0 Å². The van der Waals surface area contributed by atoms with Gasteiger partial charge in [0.05, 0.1) is 11.2 Å². The van der Waals surface area contributed by atoms with E-state index >= 15 is 0 Å². The molecular formula is C30H27IN2S. The molecule has 0 radical (unpaired) electrons. The van der Waals surface area contributed by atoms with Crippen LogP contribution in [-0.4, -0.2) is 11.6 Å². The predicted molar refractivity (Wildman–Crippen MR) is 157 cm³/mol. The molecule has 2 aromatic heterocycles. The molecule has 0 bridgehead atoms. The summed E-state index contributed by atoms with van der Waals surface area (Å²) in [4.78, 5) is 1.43. The molecule has 2 unspecified atom stereocenters. The standard InChI is InChI=1S/C30H27IN2S/c1-3-9-25-30(31)22-10-4-6-13-24(22)33(25)26-18-19(32-2)16-17-20(26)21-12-8-15-28-29(21)23-11-5-7-14-27(23)34-28/h3-11,13-16,18,20-21,32H,12,17H2,1-2H3/b9-3-. The Morgan fingerprint density at radius 2 is 1.82 bits per heavy atom. The number of nitrogens with one attached hydrogen (secondary N) is 1. The fourth-order valence-corrected chi connectivity index (χ4v) is 7.76. The Bertz CT molecular complexity index is 1530. The number of nitrogens with zero attached hydrogens (tertiary/aromatic N) is 1. The first kappa shape index (κ1) is 21.9. The molecule has 2 atom stereocenters. The molecule has 2 nitrogen and oxygen atoms in total. The minimum Gasteiger partial charge on any atom is -0.388 e. The van der Waals surface area contributed by atoms with Crippen LogP contribution in [0.1, 0.15) is 41.8 Å². The van der Waals surface area contributed by atoms with Gasteiger partial charge in [-0.05, 0) is 89.6 Å². The first-order valence-electron chi connectivity index (χ1n) is 11.9. The van der Waals surface area contributed by atoms with Crippen molar-refractivity contribution in [2.24, 2.45) is 5.92 Å². The summed E-state index contributed by atoms with van der Waals surface area (Å²) in [5.41, 5.74) is 6.70. The number of fused-ring (bicyclic) bond motifs is 4. The van der Waals surface area contributed by atoms with Gasteiger partial charge in [-0.3, -0.25) is 0 Å². The van der Waals surface area contributed by atoms with Gasteiger partial charge in [0.25, 0.3) is 0 Å². The number of para-hydroxylation sites is 1. The Balaban J connectivity index is 1.58. The molecule has 0 fully saturated rings. The number of rotatable bonds is 4. The molecule has 4 heteroatoms. The number of hydrogen-bond acceptors (Lipinski definition) is 2. The van der Waals surface area contributed by atoms with E-state index in [1.165, 1.54) is 46.5 Å². The molecule has 2 aliphatic carbocycles. The lowest BCUT2D eigenvalue weighted by Crippen LogP contribution is -2.23. The molecule has 0 amide bonds. The lowest BCUT2D eigenvalue weighted by atomic mass is 9.75. The topological polar surface area (TPSA) is 17.0 Å². The molecule has 2 aromatic carbocycles. The van der Waals surface area contributed by atoms with Crippen molar-refractivity contribution >= 4 is 72.8 Å². The maximum Gasteiger partial charge on any atom is 0.0595 e. The van der Waals surface area contributed by atoms with Gasteiger partial charge in [0.1, 0.15) is 0 Å². The van der Waals surface area contributed by atoms with E-state index in [1.807, 2.05) is 18.4 Å². The number of halogens is 1. The highest BCUT2D eigenvalue weighted by Crippen LogP contribution is 2.50. The first-order valence-corrected chi connectivity index (χ1v) is 13.8. The normalized spacial score (nSPS) is 20.1. The SMILES string of the molecule is C/C=C\c1c(I)c2ccccc2n1C1=CC(NC)=CCC1C1CC=Cc2sc3ccccc3c21. The summed E-state index contributed by atoms with van der Waals surface area (Å²) >= 11 is 4.46. The summed E-state index contributed by atoms with van der Waals surface area (Å²) in [5, 5.41) is 6.17. The van der Waals surface area contributed by atoms with Crippen LogP contribution in [0.5, 0.6) is 0 Å². The predicted octanol–water partition coefficient (Wildman–Crippen LogP) is 8.66. The lowest BCUT2D eigenvalue weighted by molar-refractivity contribution is 0.509. The summed E-state index contributed by atoms with van der Waals surface area (Å²) in [6.07, 6.45) is 16.0. The van der Waals surface area contributed by atoms with E-state index in [1.54, 1.807) is 5.56 Å². The number of hydrogen-bond donors (Lipinski definition) is 1. The van der Waals surface area contributed by atoms with Crippen LogP contribution in [0, 0.1) is 9.49 Å². The van der Waals surface area contributed by atoms with Gasteiger partial charge in [0.15, 0.2) is 0 Å². The molecule has 2 aliphatic rings. The molecule has 2 heterocycles. The van der Waals surface area contributed by atoms with E-state index in [2.05, 4.69) is 124 Å². The first-order chi connectivity index (χ1) is 16.7. The number of thiophene rings is 1. The van der Waals surface area contributed by atoms with Gasteiger partial charge in [-0.15, -0.1) is 11.3 Å². The van der Waals surface area contributed by atoms with Crippen LogP contribution in [0.2, 0.25) is 0 Å². The average Bonchev–Trinajstić information content (AvgIpc) is 3.39. The minimum atomic E-state index is 0.398. The summed E-state index contributed by atoms with van der Waals surface area (Å²) in [5.74, 6) is 0.851. The Morgan fingerprint density at radius 3 is 2.65 bits per heavy atom. The lowest BCUT2D eigenvalue weighted by Gasteiger charge is -2.34. The summed E-state index contributed by atoms with van der Waals surface area (Å²) in [6.45, 7) is 2.11. The number of benzene rings is 2. The average molecular weight is 575 g/mol. The van der Waals surface area contributed by atoms with Crippen molar-refractivity contribution in [1.29, 1.82) is 0 Å². The van der Waals surface area contributed by atoms with Crippen LogP contribution in [0.4, 0.5) is 0 Å². The Morgan fingerprint density at radius 1 is 1.03 bits per heavy atom. The van der Waals surface area contributed by atoms with E-state index < -0.39 is 0 Å². The molecule has 0 aliphatic heterocycles. The maximum absolute atomic E-state index is 3.42. The van der Waals surface area contributed by atoms with Gasteiger partial charge in [0, 0.05) is 42.9 Å². The van der Waals surface area contributed by atoms with Crippen LogP contribution in [-0.2, 0) is 0 Å². The summed E-state index contributed by atoms with van der Waals surface area (Å²) < 4.78 is 5.24. The number of aromatic nitrogens is 1. The zero-order valence-electron chi connectivity index (χ0n) is 19.4. The zero-order chi connectivity index (χ0) is 23.2. The van der Waals surface area contributed by atoms with Crippen molar-refractivity contribution in [2.75, 3.05) is 7.05 Å². The van der Waals surface area contributed by atoms with Gasteiger partial charge in [0.2, 0.25) is 0 Å². The number of likely N-dealkylation sites (N-methyl/N-ethyl adjacent to an activating group) is 1. The summed E-state index contributed by atoms with van der Waals surface area (Å²) in [6, 6.07) is 17.8. The molecule has 170 valence electrons. The molecule has 0 saturated heterocycles. The second-order valence-corrected chi connectivity index (χ2v) is 11.2. The third-order valence-electron chi connectivity index (χ3n) is 7.17. The second kappa shape index (κ2) is 8.90. The van der Waals surface area contributed by atoms with Gasteiger partial charge >= 0.3 is 0 Å². The van der Waals surface area contributed by atoms with Crippen LogP contribution in [0.3, 0.4) is 0 Å². The van der Waals surface area contributed by atoms with E-state index in [-0.39, 0.29) is 0 Å². The smallest absolute Gasteiger partial charge is 0.0595 e. The minimum absolute atomic E-state index is 0.398. The highest BCUT2D eigenvalue weighted by molar-refractivity contribution is 14.1. The maximum atomic E-state index is 3.42. The van der Waals surface area contributed by atoms with E-state index in [0.29, 0.717) is 11.8 Å². The van der Waals surface area contributed by atoms with Crippen molar-refractivity contribution in [3.05, 3.63) is 98.2 Å². The van der Waals surface area contributed by atoms with Crippen LogP contribution in [0.15, 0.2) is 78.5 Å². The van der Waals surface area contributed by atoms with Gasteiger partial charge in [-0.25, -0.2) is 0 Å². The molecule has 0 spiro atoms. The number of allylic oxidation sites excluding steroid dienone is 5. The second-order valence-electron chi connectivity index (χ2n) is 8.99. The highest BCUT2D eigenvalue weighted by Gasteiger charge is 2.34. The van der Waals surface area contributed by atoms with E-state index in [4.69, 9.17) is 0 Å². The van der Waals surface area contributed by atoms with Gasteiger partial charge in [-0.1, -0.05) is 54.6 Å². The summed E-state index contributed by atoms with van der Waals surface area (Å²) in [7, 11) is 2.03. The van der Waals surface area contributed by atoms with E-state index in [9.17, 15) is 0 Å². The molecule has 0 saturated carbocycles. The third-order valence-corrected chi connectivity index (χ3v) is 9.46.